The number of benzene rings is 2. The van der Waals surface area contributed by atoms with Gasteiger partial charge in [-0.2, -0.15) is 10.4 Å². The molecule has 10 nitrogen and oxygen atoms in total. The Morgan fingerprint density at radius 3 is 2.70 bits per heavy atom. The van der Waals surface area contributed by atoms with Gasteiger partial charge in [0.25, 0.3) is 0 Å². The van der Waals surface area contributed by atoms with Crippen molar-refractivity contribution >= 4 is 51.7 Å². The lowest BCUT2D eigenvalue weighted by molar-refractivity contribution is -0.128. The van der Waals surface area contributed by atoms with E-state index in [-0.39, 0.29) is 55.3 Å². The second kappa shape index (κ2) is 12.8. The second-order valence-corrected chi connectivity index (χ2v) is 12.1. The molecule has 2 aliphatic rings. The van der Waals surface area contributed by atoms with E-state index in [9.17, 15) is 28.4 Å². The van der Waals surface area contributed by atoms with E-state index in [1.165, 1.54) is 28.1 Å². The van der Waals surface area contributed by atoms with E-state index in [4.69, 9.17) is 11.6 Å². The first-order chi connectivity index (χ1) is 22.1. The van der Waals surface area contributed by atoms with Crippen LogP contribution in [0.5, 0.6) is 0 Å². The third-order valence-corrected chi connectivity index (χ3v) is 8.94. The number of H-pyrrole nitrogens is 1. The molecule has 1 saturated carbocycles. The fraction of sp³-hybridized carbons (Fsp3) is 0.333. The first-order valence-corrected chi connectivity index (χ1v) is 15.4. The van der Waals surface area contributed by atoms with Gasteiger partial charge in [-0.3, -0.25) is 29.3 Å². The van der Waals surface area contributed by atoms with E-state index in [1.807, 2.05) is 6.07 Å². The van der Waals surface area contributed by atoms with Crippen molar-refractivity contribution in [3.8, 4) is 6.07 Å². The molecule has 1 aliphatic carbocycles. The second-order valence-electron chi connectivity index (χ2n) is 11.6. The van der Waals surface area contributed by atoms with Crippen LogP contribution >= 0.6 is 11.6 Å². The van der Waals surface area contributed by atoms with E-state index in [1.54, 1.807) is 48.7 Å². The zero-order valence-corrected chi connectivity index (χ0v) is 25.4. The lowest BCUT2D eigenvalue weighted by Gasteiger charge is -2.35. The van der Waals surface area contributed by atoms with Crippen molar-refractivity contribution in [3.05, 3.63) is 83.1 Å². The van der Waals surface area contributed by atoms with Crippen LogP contribution in [0.2, 0.25) is 5.02 Å². The number of aromatic nitrogens is 3. The van der Waals surface area contributed by atoms with Crippen LogP contribution < -0.4 is 15.1 Å². The number of halogens is 3. The van der Waals surface area contributed by atoms with E-state index in [2.05, 4.69) is 20.5 Å². The van der Waals surface area contributed by atoms with Crippen molar-refractivity contribution in [2.24, 2.45) is 0 Å². The van der Waals surface area contributed by atoms with Crippen LogP contribution in [0.15, 0.2) is 67.0 Å². The number of aromatic amines is 1. The van der Waals surface area contributed by atoms with Gasteiger partial charge in [-0.05, 0) is 55.7 Å². The maximum absolute atomic E-state index is 14.6. The molecule has 0 radical (unpaired) electrons. The van der Waals surface area contributed by atoms with E-state index in [0.717, 1.165) is 0 Å². The molecule has 6 rings (SSSR count). The van der Waals surface area contributed by atoms with Gasteiger partial charge in [-0.1, -0.05) is 29.8 Å². The lowest BCUT2D eigenvalue weighted by Crippen LogP contribution is -2.49. The summed E-state index contributed by atoms with van der Waals surface area (Å²) < 4.78 is 27.9. The Bertz CT molecular complexity index is 1830. The Kier molecular flexibility index (Phi) is 8.69. The highest BCUT2D eigenvalue weighted by Crippen LogP contribution is 2.37. The normalized spacial score (nSPS) is 18.7. The van der Waals surface area contributed by atoms with Gasteiger partial charge in [0.05, 0.1) is 23.3 Å². The quantitative estimate of drug-likeness (QED) is 0.247. The molecule has 3 heterocycles. The molecule has 46 heavy (non-hydrogen) atoms. The Balaban J connectivity index is 1.39. The number of fused-ring (bicyclic) bond motifs is 1. The summed E-state index contributed by atoms with van der Waals surface area (Å²) in [4.78, 5) is 48.9. The van der Waals surface area contributed by atoms with Gasteiger partial charge in [0.2, 0.25) is 23.6 Å². The first kappa shape index (κ1) is 31.1. The van der Waals surface area contributed by atoms with Gasteiger partial charge in [0, 0.05) is 65.6 Å². The minimum atomic E-state index is -2.78. The van der Waals surface area contributed by atoms with Crippen molar-refractivity contribution in [1.29, 1.82) is 5.26 Å². The zero-order valence-electron chi connectivity index (χ0n) is 24.6. The molecule has 2 aromatic carbocycles. The average Bonchev–Trinajstić information content (AvgIpc) is 3.66. The zero-order chi connectivity index (χ0) is 32.4. The minimum absolute atomic E-state index is 0.0941. The third-order valence-electron chi connectivity index (χ3n) is 8.60. The summed E-state index contributed by atoms with van der Waals surface area (Å²) in [5.74, 6) is -3.79. The number of pyridine rings is 1. The molecular formula is C33H30ClF2N7O3. The molecule has 0 spiro atoms. The molecule has 4 aromatic rings. The summed E-state index contributed by atoms with van der Waals surface area (Å²) >= 11 is 6.66. The maximum atomic E-state index is 14.6. The molecule has 0 unspecified atom stereocenters. The lowest BCUT2D eigenvalue weighted by atomic mass is 9.91. The SMILES string of the molecule is N#Cc1ccnc(N2C(=O)CC[C@H]2CC(=O)N(c2ccc3[nH]ncc3c2)[C@H](C(=O)NC2CCC(F)(F)CC2)c2ccccc2Cl)c1. The molecule has 2 N–H and O–H groups in total. The number of anilines is 2. The topological polar surface area (TPSA) is 135 Å². The number of nitriles is 1. The van der Waals surface area contributed by atoms with Gasteiger partial charge in [-0.15, -0.1) is 0 Å². The van der Waals surface area contributed by atoms with Gasteiger partial charge in [0.15, 0.2) is 0 Å². The predicted molar refractivity (Wildman–Crippen MR) is 167 cm³/mol. The summed E-state index contributed by atoms with van der Waals surface area (Å²) in [6, 6.07) is 14.5. The smallest absolute Gasteiger partial charge is 0.248 e. The number of nitrogens with one attached hydrogen (secondary N) is 2. The Hall–Kier alpha value is -4.89. The first-order valence-electron chi connectivity index (χ1n) is 15.0. The molecular weight excluding hydrogens is 616 g/mol. The average molecular weight is 646 g/mol. The molecule has 3 amide bonds. The van der Waals surface area contributed by atoms with E-state index in [0.29, 0.717) is 34.1 Å². The molecule has 0 bridgehead atoms. The van der Waals surface area contributed by atoms with Gasteiger partial charge in [0.1, 0.15) is 11.9 Å². The molecule has 1 saturated heterocycles. The predicted octanol–water partition coefficient (Wildman–Crippen LogP) is 5.84. The monoisotopic (exact) mass is 645 g/mol. The molecule has 2 fully saturated rings. The van der Waals surface area contributed by atoms with Crippen LogP contribution in [-0.2, 0) is 14.4 Å². The highest BCUT2D eigenvalue weighted by molar-refractivity contribution is 6.31. The van der Waals surface area contributed by atoms with Crippen LogP contribution in [0.1, 0.15) is 62.1 Å². The Morgan fingerprint density at radius 2 is 1.93 bits per heavy atom. The molecule has 2 atom stereocenters. The molecule has 236 valence electrons. The van der Waals surface area contributed by atoms with Crippen LogP contribution in [0.25, 0.3) is 10.9 Å². The highest BCUT2D eigenvalue weighted by atomic mass is 35.5. The Morgan fingerprint density at radius 1 is 1.15 bits per heavy atom. The number of alkyl halides is 2. The van der Waals surface area contributed by atoms with Crippen LogP contribution in [-0.4, -0.2) is 50.9 Å². The van der Waals surface area contributed by atoms with Crippen molar-refractivity contribution in [3.63, 3.8) is 0 Å². The van der Waals surface area contributed by atoms with Gasteiger partial charge in [-0.25, -0.2) is 13.8 Å². The number of nitrogens with zero attached hydrogens (tertiary/aromatic N) is 5. The molecule has 1 aliphatic heterocycles. The van der Waals surface area contributed by atoms with Crippen molar-refractivity contribution in [2.45, 2.75) is 69.0 Å². The van der Waals surface area contributed by atoms with Crippen LogP contribution in [0.3, 0.4) is 0 Å². The molecule has 2 aromatic heterocycles. The fourth-order valence-electron chi connectivity index (χ4n) is 6.25. The highest BCUT2D eigenvalue weighted by Gasteiger charge is 2.41. The largest absolute Gasteiger partial charge is 0.351 e. The number of amides is 3. The van der Waals surface area contributed by atoms with Gasteiger partial charge >= 0.3 is 0 Å². The van der Waals surface area contributed by atoms with E-state index >= 15 is 0 Å². The molecule has 13 heteroatoms. The minimum Gasteiger partial charge on any atom is -0.351 e. The van der Waals surface area contributed by atoms with Crippen molar-refractivity contribution in [1.82, 2.24) is 20.5 Å². The number of hydrogen-bond acceptors (Lipinski definition) is 6. The maximum Gasteiger partial charge on any atom is 0.248 e. The van der Waals surface area contributed by atoms with E-state index < -0.39 is 35.9 Å². The summed E-state index contributed by atoms with van der Waals surface area (Å²) in [6.07, 6.45) is 2.89. The number of carbonyl (C=O) groups is 3. The van der Waals surface area contributed by atoms with Crippen LogP contribution in [0.4, 0.5) is 20.3 Å². The number of hydrogen-bond donors (Lipinski definition) is 2. The summed E-state index contributed by atoms with van der Waals surface area (Å²) in [5, 5.41) is 20.2. The van der Waals surface area contributed by atoms with Crippen LogP contribution in [0, 0.1) is 11.3 Å². The summed E-state index contributed by atoms with van der Waals surface area (Å²) in [6.45, 7) is 0. The fourth-order valence-corrected chi connectivity index (χ4v) is 6.49. The van der Waals surface area contributed by atoms with Gasteiger partial charge < -0.3 is 5.32 Å². The Labute approximate surface area is 268 Å². The van der Waals surface area contributed by atoms with Crippen molar-refractivity contribution in [2.75, 3.05) is 9.80 Å². The standard InChI is InChI=1S/C33H30ClF2N7O3/c34-26-4-2-1-3-25(26)31(32(46)40-22-9-12-33(35,36)13-10-22)43(23-5-7-27-21(16-23)19-39-41-27)30(45)17-24-6-8-29(44)42(24)28-15-20(18-37)11-14-38-28/h1-5,7,11,14-16,19,22,24,31H,6,8-10,12-13,17H2,(H,39,41)(H,40,46)/t24-,31-/m0/s1. The number of carbonyl (C=O) groups excluding carboxylic acids is 3. The van der Waals surface area contributed by atoms with Crippen molar-refractivity contribution < 1.29 is 23.2 Å². The third kappa shape index (κ3) is 6.41. The summed E-state index contributed by atoms with van der Waals surface area (Å²) in [5.41, 5.74) is 1.77. The number of rotatable bonds is 8. The summed E-state index contributed by atoms with van der Waals surface area (Å²) in [7, 11) is 0.